The molecule has 0 aliphatic rings. The van der Waals surface area contributed by atoms with Gasteiger partial charge in [-0.15, -0.1) is 0 Å². The SMILES string of the molecule is C.C.C.C.C.CC.CC.Cn1cccc1.F[B-](F)(F)F.F[B-](F)(F)F. The molecule has 1 aromatic heterocycles. The molecule has 1 aromatic rings. The molecule has 0 saturated heterocycles. The highest BCUT2D eigenvalue weighted by Crippen LogP contribution is 2.07. The van der Waals surface area contributed by atoms with Crippen molar-refractivity contribution in [2.24, 2.45) is 7.05 Å². The van der Waals surface area contributed by atoms with Gasteiger partial charge in [0.25, 0.3) is 0 Å². The number of rotatable bonds is 0. The molecule has 25 heavy (non-hydrogen) atoms. The molecule has 0 amide bonds. The van der Waals surface area contributed by atoms with E-state index in [1.165, 1.54) is 0 Å². The minimum absolute atomic E-state index is 0. The van der Waals surface area contributed by atoms with Gasteiger partial charge in [-0.25, -0.2) is 0 Å². The quantitative estimate of drug-likeness (QED) is 0.305. The van der Waals surface area contributed by atoms with Gasteiger partial charge < -0.3 is 39.1 Å². The number of hydrogen-bond donors (Lipinski definition) is 0. The molecule has 0 N–H and O–H groups in total. The summed E-state index contributed by atoms with van der Waals surface area (Å²) in [4.78, 5) is 0. The van der Waals surface area contributed by atoms with Crippen LogP contribution in [0.15, 0.2) is 24.5 Å². The molecule has 0 bridgehead atoms. The summed E-state index contributed by atoms with van der Waals surface area (Å²) in [7, 11) is -10.0. The smallest absolute Gasteiger partial charge is 0.418 e. The first-order valence-corrected chi connectivity index (χ1v) is 5.71. The lowest BCUT2D eigenvalue weighted by molar-refractivity contribution is 0.366. The fourth-order valence-corrected chi connectivity index (χ4v) is 0.421. The van der Waals surface area contributed by atoms with Crippen molar-refractivity contribution in [2.45, 2.75) is 64.8 Å². The summed E-state index contributed by atoms with van der Waals surface area (Å²) in [6.45, 7) is 8.00. The molecule has 0 aliphatic heterocycles. The maximum atomic E-state index is 9.75. The zero-order valence-corrected chi connectivity index (χ0v) is 11.9. The Hall–Kier alpha value is -1.15. The average molecular weight is 395 g/mol. The molecule has 0 spiro atoms. The largest absolute Gasteiger partial charge is 0.673 e. The van der Waals surface area contributed by atoms with Crippen LogP contribution in [-0.2, 0) is 7.05 Å². The predicted molar refractivity (Wildman–Crippen MR) is 102 cm³/mol. The maximum Gasteiger partial charge on any atom is 0.673 e. The Morgan fingerprint density at radius 3 is 0.680 bits per heavy atom. The van der Waals surface area contributed by atoms with Gasteiger partial charge in [0, 0.05) is 19.4 Å². The summed E-state index contributed by atoms with van der Waals surface area (Å²) in [5.74, 6) is 0. The summed E-state index contributed by atoms with van der Waals surface area (Å²) in [6.07, 6.45) is 4.00. The first kappa shape index (κ1) is 56.5. The highest BCUT2D eigenvalue weighted by molar-refractivity contribution is 6.50. The van der Waals surface area contributed by atoms with Crippen LogP contribution in [0.3, 0.4) is 0 Å². The van der Waals surface area contributed by atoms with Gasteiger partial charge in [-0.1, -0.05) is 64.8 Å². The summed E-state index contributed by atoms with van der Waals surface area (Å²) in [5, 5.41) is 0. The van der Waals surface area contributed by atoms with Crippen LogP contribution in [0.5, 0.6) is 0 Å². The van der Waals surface area contributed by atoms with E-state index >= 15 is 0 Å². The fourth-order valence-electron chi connectivity index (χ4n) is 0.421. The zero-order valence-electron chi connectivity index (χ0n) is 11.9. The molecule has 0 aliphatic carbocycles. The molecule has 0 radical (unpaired) electrons. The Labute approximate surface area is 151 Å². The molecular weight excluding hydrogens is 356 g/mol. The Balaban J connectivity index is -0.0000000183. The van der Waals surface area contributed by atoms with Crippen LogP contribution in [0.25, 0.3) is 0 Å². The van der Waals surface area contributed by atoms with Crippen LogP contribution in [0, 0.1) is 0 Å². The molecule has 0 unspecified atom stereocenters. The standard InChI is InChI=1S/C5H7N.2C2H6.5CH4.2BF4/c1-6-4-2-3-5-6;2*1-2;;;;;;2*2-1(3,4)5/h2-5H,1H3;2*1-2H3;5*1H4;;/q;;;;;;;;2*-1. The second-order valence-corrected chi connectivity index (χ2v) is 2.34. The molecule has 1 rings (SSSR count). The van der Waals surface area contributed by atoms with Crippen molar-refractivity contribution in [3.05, 3.63) is 24.5 Å². The van der Waals surface area contributed by atoms with E-state index in [9.17, 15) is 34.5 Å². The van der Waals surface area contributed by atoms with Crippen LogP contribution < -0.4 is 0 Å². The topological polar surface area (TPSA) is 4.93 Å². The average Bonchev–Trinajstić information content (AvgIpc) is 2.70. The lowest BCUT2D eigenvalue weighted by Crippen LogP contribution is -2.02. The first-order chi connectivity index (χ1) is 8.89. The van der Waals surface area contributed by atoms with E-state index in [2.05, 4.69) is 0 Å². The van der Waals surface area contributed by atoms with E-state index in [4.69, 9.17) is 0 Å². The van der Waals surface area contributed by atoms with Crippen molar-refractivity contribution >= 4 is 14.5 Å². The third-order valence-electron chi connectivity index (χ3n) is 0.754. The fraction of sp³-hybridized carbons (Fsp3) is 0.714. The minimum Gasteiger partial charge on any atom is -0.418 e. The number of aromatic nitrogens is 1. The van der Waals surface area contributed by atoms with Gasteiger partial charge in [0.15, 0.2) is 0 Å². The first-order valence-electron chi connectivity index (χ1n) is 5.71. The highest BCUT2D eigenvalue weighted by Gasteiger charge is 2.21. The highest BCUT2D eigenvalue weighted by atomic mass is 19.5. The monoisotopic (exact) mass is 395 g/mol. The van der Waals surface area contributed by atoms with Gasteiger partial charge in [0.05, 0.1) is 0 Å². The van der Waals surface area contributed by atoms with Gasteiger partial charge in [0.2, 0.25) is 0 Å². The molecule has 1 heterocycles. The van der Waals surface area contributed by atoms with E-state index in [1.807, 2.05) is 63.8 Å². The zero-order chi connectivity index (χ0) is 17.4. The van der Waals surface area contributed by atoms with Gasteiger partial charge in [-0.3, -0.25) is 0 Å². The number of aryl methyl sites for hydroxylation is 1. The minimum atomic E-state index is -6.00. The lowest BCUT2D eigenvalue weighted by Gasteiger charge is -1.94. The molecule has 0 aromatic carbocycles. The van der Waals surface area contributed by atoms with Crippen LogP contribution in [0.2, 0.25) is 0 Å². The van der Waals surface area contributed by atoms with Gasteiger partial charge in [-0.2, -0.15) is 0 Å². The Kier molecular flexibility index (Phi) is 77.3. The molecule has 11 heteroatoms. The van der Waals surface area contributed by atoms with Gasteiger partial charge in [0.1, 0.15) is 0 Å². The molecule has 0 saturated carbocycles. The van der Waals surface area contributed by atoms with Crippen molar-refractivity contribution in [1.29, 1.82) is 0 Å². The molecule has 0 atom stereocenters. The summed E-state index contributed by atoms with van der Waals surface area (Å²) in [6, 6.07) is 4.00. The predicted octanol–water partition coefficient (Wildman–Crippen LogP) is 8.86. The van der Waals surface area contributed by atoms with Gasteiger partial charge >= 0.3 is 14.5 Å². The summed E-state index contributed by atoms with van der Waals surface area (Å²) in [5.41, 5.74) is 0. The Bertz CT molecular complexity index is 239. The van der Waals surface area contributed by atoms with E-state index < -0.39 is 14.5 Å². The second kappa shape index (κ2) is 34.2. The lowest BCUT2D eigenvalue weighted by atomic mass is 10.3. The van der Waals surface area contributed by atoms with Crippen LogP contribution >= 0.6 is 0 Å². The van der Waals surface area contributed by atoms with E-state index in [0.29, 0.717) is 0 Å². The van der Waals surface area contributed by atoms with E-state index in [0.717, 1.165) is 0 Å². The molecule has 0 fully saturated rings. The van der Waals surface area contributed by atoms with Crippen molar-refractivity contribution in [2.75, 3.05) is 0 Å². The third-order valence-corrected chi connectivity index (χ3v) is 0.754. The van der Waals surface area contributed by atoms with Crippen LogP contribution in [-0.4, -0.2) is 19.1 Å². The van der Waals surface area contributed by atoms with Crippen molar-refractivity contribution in [3.8, 4) is 0 Å². The van der Waals surface area contributed by atoms with Gasteiger partial charge in [-0.05, 0) is 12.1 Å². The molecule has 164 valence electrons. The maximum absolute atomic E-state index is 9.75. The third kappa shape index (κ3) is 290. The van der Waals surface area contributed by atoms with Crippen LogP contribution in [0.1, 0.15) is 64.8 Å². The van der Waals surface area contributed by atoms with E-state index in [1.54, 1.807) is 0 Å². The normalized spacial score (nSPS) is 7.40. The molecule has 1 nitrogen and oxygen atoms in total. The van der Waals surface area contributed by atoms with Crippen molar-refractivity contribution in [1.82, 2.24) is 4.57 Å². The number of halogens is 8. The second-order valence-electron chi connectivity index (χ2n) is 2.34. The number of hydrogen-bond acceptors (Lipinski definition) is 0. The van der Waals surface area contributed by atoms with Crippen LogP contribution in [0.4, 0.5) is 34.5 Å². The van der Waals surface area contributed by atoms with E-state index in [-0.39, 0.29) is 37.1 Å². The van der Waals surface area contributed by atoms with Crippen molar-refractivity contribution < 1.29 is 34.5 Å². The number of nitrogens with zero attached hydrogens (tertiary/aromatic N) is 1. The Morgan fingerprint density at radius 2 is 0.640 bits per heavy atom. The van der Waals surface area contributed by atoms with Crippen molar-refractivity contribution in [3.63, 3.8) is 0 Å². The summed E-state index contributed by atoms with van der Waals surface area (Å²) < 4.78 is 80.0. The molecular formula is C14H39B2F8N-2. The Morgan fingerprint density at radius 1 is 0.520 bits per heavy atom. The summed E-state index contributed by atoms with van der Waals surface area (Å²) >= 11 is 0.